The number of benzene rings is 2. The number of likely N-dealkylation sites (tertiary alicyclic amines) is 1. The van der Waals surface area contributed by atoms with Crippen LogP contribution in [-0.4, -0.2) is 47.9 Å². The van der Waals surface area contributed by atoms with Gasteiger partial charge in [-0.15, -0.1) is 5.10 Å². The van der Waals surface area contributed by atoms with Crippen molar-refractivity contribution >= 4 is 28.9 Å². The number of aliphatic hydroxyl groups is 1. The van der Waals surface area contributed by atoms with Crippen LogP contribution in [0.1, 0.15) is 18.4 Å². The summed E-state index contributed by atoms with van der Waals surface area (Å²) in [6.45, 7) is 2.57. The molecule has 0 radical (unpaired) electrons. The second kappa shape index (κ2) is 7.79. The number of para-hydroxylation sites is 1. The topological polar surface area (TPSA) is 67.7 Å². The van der Waals surface area contributed by atoms with E-state index >= 15 is 0 Å². The van der Waals surface area contributed by atoms with E-state index < -0.39 is 0 Å². The van der Waals surface area contributed by atoms with Crippen molar-refractivity contribution in [3.63, 3.8) is 0 Å². The Morgan fingerprint density at radius 1 is 1.03 bits per heavy atom. The highest BCUT2D eigenvalue weighted by molar-refractivity contribution is 7.71. The summed E-state index contributed by atoms with van der Waals surface area (Å²) in [5.74, 6) is 0.546. The van der Waals surface area contributed by atoms with Crippen LogP contribution in [0.25, 0.3) is 16.7 Å². The lowest BCUT2D eigenvalue weighted by atomic mass is 10.1. The number of aromatic nitrogens is 4. The Hall–Kier alpha value is -2.81. The van der Waals surface area contributed by atoms with E-state index in [9.17, 15) is 9.90 Å². The molecule has 1 saturated heterocycles. The molecule has 4 aromatic rings. The second-order valence-electron chi connectivity index (χ2n) is 7.80. The SMILES string of the molecule is O=c1c2ccccc2n2c(=S)n(CN3CCC(O)CC3)nc2n1Cc1ccccc1. The Kier molecular flexibility index (Phi) is 4.98. The summed E-state index contributed by atoms with van der Waals surface area (Å²) in [7, 11) is 0. The summed E-state index contributed by atoms with van der Waals surface area (Å²) in [5, 5.41) is 15.2. The number of hydrogen-bond acceptors (Lipinski definition) is 5. The van der Waals surface area contributed by atoms with Crippen molar-refractivity contribution in [2.24, 2.45) is 0 Å². The van der Waals surface area contributed by atoms with E-state index in [2.05, 4.69) is 4.90 Å². The minimum Gasteiger partial charge on any atom is -0.393 e. The van der Waals surface area contributed by atoms with Crippen LogP contribution in [0.15, 0.2) is 59.4 Å². The first-order chi connectivity index (χ1) is 14.6. The van der Waals surface area contributed by atoms with Crippen LogP contribution in [0, 0.1) is 4.77 Å². The lowest BCUT2D eigenvalue weighted by Gasteiger charge is -2.28. The zero-order valence-corrected chi connectivity index (χ0v) is 17.3. The Labute approximate surface area is 178 Å². The zero-order chi connectivity index (χ0) is 20.7. The molecule has 154 valence electrons. The average Bonchev–Trinajstić information content (AvgIpc) is 3.09. The monoisotopic (exact) mass is 421 g/mol. The predicted molar refractivity (Wildman–Crippen MR) is 118 cm³/mol. The Morgan fingerprint density at radius 3 is 2.50 bits per heavy atom. The number of fused-ring (bicyclic) bond motifs is 3. The highest BCUT2D eigenvalue weighted by Crippen LogP contribution is 2.17. The predicted octanol–water partition coefficient (Wildman–Crippen LogP) is 2.64. The number of nitrogens with zero attached hydrogens (tertiary/aromatic N) is 5. The van der Waals surface area contributed by atoms with Gasteiger partial charge in [0.15, 0.2) is 0 Å². The van der Waals surface area contributed by atoms with Gasteiger partial charge in [-0.1, -0.05) is 42.5 Å². The zero-order valence-electron chi connectivity index (χ0n) is 16.5. The van der Waals surface area contributed by atoms with Gasteiger partial charge in [0.2, 0.25) is 10.5 Å². The molecule has 0 atom stereocenters. The molecule has 30 heavy (non-hydrogen) atoms. The molecular formula is C22H23N5O2S. The van der Waals surface area contributed by atoms with Gasteiger partial charge in [0.1, 0.15) is 0 Å². The molecule has 5 rings (SSSR count). The van der Waals surface area contributed by atoms with E-state index in [1.54, 1.807) is 9.25 Å². The molecule has 1 aliphatic heterocycles. The van der Waals surface area contributed by atoms with Gasteiger partial charge < -0.3 is 5.11 Å². The molecule has 0 saturated carbocycles. The third-order valence-electron chi connectivity index (χ3n) is 5.76. The second-order valence-corrected chi connectivity index (χ2v) is 8.17. The van der Waals surface area contributed by atoms with Crippen LogP contribution >= 0.6 is 12.2 Å². The summed E-state index contributed by atoms with van der Waals surface area (Å²) < 4.78 is 5.95. The maximum atomic E-state index is 13.3. The van der Waals surface area contributed by atoms with Gasteiger partial charge in [0, 0.05) is 13.1 Å². The summed E-state index contributed by atoms with van der Waals surface area (Å²) in [6.07, 6.45) is 1.28. The largest absolute Gasteiger partial charge is 0.393 e. The fourth-order valence-electron chi connectivity index (χ4n) is 4.12. The van der Waals surface area contributed by atoms with Crippen LogP contribution in [-0.2, 0) is 13.2 Å². The third kappa shape index (κ3) is 3.36. The molecule has 8 heteroatoms. The van der Waals surface area contributed by atoms with E-state index in [1.165, 1.54) is 0 Å². The minimum absolute atomic E-state index is 0.0739. The quantitative estimate of drug-likeness (QED) is 0.513. The first-order valence-electron chi connectivity index (χ1n) is 10.2. The molecule has 0 amide bonds. The van der Waals surface area contributed by atoms with Gasteiger partial charge in [0.25, 0.3) is 5.56 Å². The molecule has 2 aromatic heterocycles. The smallest absolute Gasteiger partial charge is 0.263 e. The van der Waals surface area contributed by atoms with Crippen molar-refractivity contribution in [3.8, 4) is 0 Å². The van der Waals surface area contributed by atoms with Crippen molar-refractivity contribution in [3.05, 3.63) is 75.3 Å². The first-order valence-corrected chi connectivity index (χ1v) is 10.6. The Morgan fingerprint density at radius 2 is 1.73 bits per heavy atom. The molecule has 3 heterocycles. The van der Waals surface area contributed by atoms with E-state index in [1.807, 2.05) is 59.0 Å². The van der Waals surface area contributed by atoms with Gasteiger partial charge in [-0.05, 0) is 42.8 Å². The number of hydrogen-bond donors (Lipinski definition) is 1. The number of aliphatic hydroxyl groups excluding tert-OH is 1. The summed E-state index contributed by atoms with van der Waals surface area (Å²) in [4.78, 5) is 15.6. The van der Waals surface area contributed by atoms with Gasteiger partial charge in [-0.3, -0.25) is 18.7 Å². The standard InChI is InChI=1S/C22H23N5O2S/c28-17-10-12-24(13-11-17)15-26-22(30)27-19-9-5-4-8-18(19)20(29)25(21(27)23-26)14-16-6-2-1-3-7-16/h1-9,17,28H,10-15H2. The average molecular weight is 422 g/mol. The maximum absolute atomic E-state index is 13.3. The molecular weight excluding hydrogens is 398 g/mol. The summed E-state index contributed by atoms with van der Waals surface area (Å²) in [6, 6.07) is 17.4. The van der Waals surface area contributed by atoms with E-state index in [0.717, 1.165) is 37.0 Å². The van der Waals surface area contributed by atoms with Crippen molar-refractivity contribution in [1.82, 2.24) is 23.6 Å². The van der Waals surface area contributed by atoms with Crippen molar-refractivity contribution < 1.29 is 5.11 Å². The normalized spacial score (nSPS) is 15.9. The lowest BCUT2D eigenvalue weighted by Crippen LogP contribution is -2.37. The Bertz CT molecular complexity index is 1320. The fourth-order valence-corrected chi connectivity index (χ4v) is 4.40. The van der Waals surface area contributed by atoms with Gasteiger partial charge in [0.05, 0.1) is 30.2 Å². The molecule has 0 spiro atoms. The number of piperidine rings is 1. The van der Waals surface area contributed by atoms with Crippen LogP contribution in [0.3, 0.4) is 0 Å². The van der Waals surface area contributed by atoms with Crippen LogP contribution < -0.4 is 5.56 Å². The molecule has 1 fully saturated rings. The molecule has 0 bridgehead atoms. The minimum atomic E-state index is -0.227. The number of rotatable bonds is 4. The van der Waals surface area contributed by atoms with Crippen molar-refractivity contribution in [1.29, 1.82) is 0 Å². The van der Waals surface area contributed by atoms with Gasteiger partial charge >= 0.3 is 0 Å². The van der Waals surface area contributed by atoms with Crippen LogP contribution in [0.5, 0.6) is 0 Å². The lowest BCUT2D eigenvalue weighted by molar-refractivity contribution is 0.0651. The molecule has 7 nitrogen and oxygen atoms in total. The fraction of sp³-hybridized carbons (Fsp3) is 0.318. The van der Waals surface area contributed by atoms with Crippen LogP contribution in [0.4, 0.5) is 0 Å². The Balaban J connectivity index is 1.67. The molecule has 2 aromatic carbocycles. The van der Waals surface area contributed by atoms with Crippen LogP contribution in [0.2, 0.25) is 0 Å². The highest BCUT2D eigenvalue weighted by atomic mass is 32.1. The van der Waals surface area contributed by atoms with Crippen molar-refractivity contribution in [2.45, 2.75) is 32.2 Å². The molecule has 1 N–H and O–H groups in total. The molecule has 0 unspecified atom stereocenters. The first kappa shape index (κ1) is 19.2. The highest BCUT2D eigenvalue weighted by Gasteiger charge is 2.20. The van der Waals surface area contributed by atoms with E-state index in [-0.39, 0.29) is 11.7 Å². The van der Waals surface area contributed by atoms with E-state index in [4.69, 9.17) is 17.3 Å². The molecule has 0 aliphatic carbocycles. The molecule has 1 aliphatic rings. The summed E-state index contributed by atoms with van der Waals surface area (Å²) >= 11 is 5.79. The summed E-state index contributed by atoms with van der Waals surface area (Å²) in [5.41, 5.74) is 1.73. The van der Waals surface area contributed by atoms with Crippen molar-refractivity contribution in [2.75, 3.05) is 13.1 Å². The van der Waals surface area contributed by atoms with Gasteiger partial charge in [-0.25, -0.2) is 4.68 Å². The third-order valence-corrected chi connectivity index (χ3v) is 6.15. The van der Waals surface area contributed by atoms with E-state index in [0.29, 0.717) is 29.1 Å². The maximum Gasteiger partial charge on any atom is 0.263 e. The van der Waals surface area contributed by atoms with Gasteiger partial charge in [-0.2, -0.15) is 0 Å².